The van der Waals surface area contributed by atoms with E-state index in [1.54, 1.807) is 19.2 Å². The zero-order chi connectivity index (χ0) is 18.9. The number of benzene rings is 2. The average Bonchev–Trinajstić information content (AvgIpc) is 2.70. The maximum atomic E-state index is 12.0. The lowest BCUT2D eigenvalue weighted by molar-refractivity contribution is -0.120. The van der Waals surface area contributed by atoms with Crippen LogP contribution < -0.4 is 15.4 Å². The van der Waals surface area contributed by atoms with Gasteiger partial charge in [0.15, 0.2) is 0 Å². The fourth-order valence-electron chi connectivity index (χ4n) is 2.14. The molecule has 2 amide bonds. The molecule has 0 radical (unpaired) electrons. The van der Waals surface area contributed by atoms with Crippen LogP contribution in [0.25, 0.3) is 0 Å². The summed E-state index contributed by atoms with van der Waals surface area (Å²) in [5.74, 6) is -0.443. The van der Waals surface area contributed by atoms with Gasteiger partial charge in [-0.25, -0.2) is 4.79 Å². The van der Waals surface area contributed by atoms with Crippen LogP contribution in [0.1, 0.15) is 26.3 Å². The van der Waals surface area contributed by atoms with Crippen molar-refractivity contribution in [3.8, 4) is 5.75 Å². The third-order valence-corrected chi connectivity index (χ3v) is 3.63. The second kappa shape index (κ2) is 9.22. The minimum atomic E-state index is -0.477. The average molecular weight is 356 g/mol. The van der Waals surface area contributed by atoms with Crippen molar-refractivity contribution in [3.05, 3.63) is 65.2 Å². The lowest BCUT2D eigenvalue weighted by Crippen LogP contribution is -2.36. The second-order valence-corrected chi connectivity index (χ2v) is 5.38. The fourth-order valence-corrected chi connectivity index (χ4v) is 2.14. The lowest BCUT2D eigenvalue weighted by Gasteiger charge is -2.08. The number of esters is 1. The van der Waals surface area contributed by atoms with Gasteiger partial charge >= 0.3 is 5.97 Å². The topological polar surface area (TPSA) is 93.7 Å². The highest BCUT2D eigenvalue weighted by atomic mass is 16.5. The van der Waals surface area contributed by atoms with Crippen LogP contribution in [0.2, 0.25) is 0 Å². The Bertz CT molecular complexity index is 770. The van der Waals surface area contributed by atoms with E-state index in [2.05, 4.69) is 15.4 Å². The molecule has 2 rings (SSSR count). The molecule has 0 spiro atoms. The van der Waals surface area contributed by atoms with E-state index in [0.717, 1.165) is 11.3 Å². The molecule has 0 aliphatic heterocycles. The summed E-state index contributed by atoms with van der Waals surface area (Å²) < 4.78 is 9.66. The van der Waals surface area contributed by atoms with Crippen molar-refractivity contribution in [2.45, 2.75) is 6.54 Å². The molecule has 7 heteroatoms. The molecule has 0 aromatic heterocycles. The first-order valence-corrected chi connectivity index (χ1v) is 7.89. The highest BCUT2D eigenvalue weighted by molar-refractivity contribution is 5.97. The number of hydrogen-bond donors (Lipinski definition) is 2. The molecule has 2 aromatic rings. The summed E-state index contributed by atoms with van der Waals surface area (Å²) in [5.41, 5.74) is 1.62. The number of carbonyl (C=O) groups is 3. The Labute approximate surface area is 151 Å². The highest BCUT2D eigenvalue weighted by Gasteiger charge is 2.10. The summed E-state index contributed by atoms with van der Waals surface area (Å²) in [6, 6.07) is 13.3. The van der Waals surface area contributed by atoms with Crippen LogP contribution in [0.5, 0.6) is 5.75 Å². The monoisotopic (exact) mass is 356 g/mol. The first kappa shape index (κ1) is 19.0. The lowest BCUT2D eigenvalue weighted by atomic mass is 10.1. The Morgan fingerprint density at radius 3 is 2.04 bits per heavy atom. The molecule has 2 N–H and O–H groups in total. The summed E-state index contributed by atoms with van der Waals surface area (Å²) in [5, 5.41) is 5.25. The van der Waals surface area contributed by atoms with Gasteiger partial charge in [0, 0.05) is 12.1 Å². The van der Waals surface area contributed by atoms with Gasteiger partial charge in [-0.1, -0.05) is 12.1 Å². The molecule has 0 bridgehead atoms. The molecular weight excluding hydrogens is 336 g/mol. The summed E-state index contributed by atoms with van der Waals surface area (Å²) in [6.45, 7) is 0.209. The number of nitrogens with one attached hydrogen (secondary N) is 2. The van der Waals surface area contributed by atoms with Gasteiger partial charge in [0.2, 0.25) is 5.91 Å². The third-order valence-electron chi connectivity index (χ3n) is 3.63. The molecule has 26 heavy (non-hydrogen) atoms. The fraction of sp³-hybridized carbons (Fsp3) is 0.211. The van der Waals surface area contributed by atoms with E-state index in [4.69, 9.17) is 4.74 Å². The van der Waals surface area contributed by atoms with Crippen LogP contribution in [0, 0.1) is 0 Å². The molecule has 0 fully saturated rings. The van der Waals surface area contributed by atoms with Gasteiger partial charge < -0.3 is 20.1 Å². The van der Waals surface area contributed by atoms with Gasteiger partial charge in [-0.05, 0) is 42.0 Å². The molecule has 0 heterocycles. The van der Waals surface area contributed by atoms with E-state index >= 15 is 0 Å². The SMILES string of the molecule is COC(=O)c1ccc(C(=O)NCC(=O)NCc2ccc(OC)cc2)cc1. The third kappa shape index (κ3) is 5.34. The standard InChI is InChI=1S/C19H20N2O5/c1-25-16-9-3-13(4-10-16)11-20-17(22)12-21-18(23)14-5-7-15(8-6-14)19(24)26-2/h3-10H,11-12H2,1-2H3,(H,20,22)(H,21,23). The molecule has 0 saturated carbocycles. The first-order valence-electron chi connectivity index (χ1n) is 7.89. The first-order chi connectivity index (χ1) is 12.5. The maximum Gasteiger partial charge on any atom is 0.337 e. The van der Waals surface area contributed by atoms with Crippen molar-refractivity contribution in [3.63, 3.8) is 0 Å². The smallest absolute Gasteiger partial charge is 0.337 e. The van der Waals surface area contributed by atoms with Crippen LogP contribution in [0.3, 0.4) is 0 Å². The molecule has 7 nitrogen and oxygen atoms in total. The second-order valence-electron chi connectivity index (χ2n) is 5.38. The number of ether oxygens (including phenoxy) is 2. The van der Waals surface area contributed by atoms with Crippen LogP contribution >= 0.6 is 0 Å². The molecule has 2 aromatic carbocycles. The van der Waals surface area contributed by atoms with Crippen molar-refractivity contribution in [1.82, 2.24) is 10.6 Å². The number of carbonyl (C=O) groups excluding carboxylic acids is 3. The zero-order valence-electron chi connectivity index (χ0n) is 14.6. The van der Waals surface area contributed by atoms with Crippen LogP contribution in [-0.2, 0) is 16.1 Å². The predicted octanol–water partition coefficient (Wildman–Crippen LogP) is 1.53. The van der Waals surface area contributed by atoms with E-state index in [1.807, 2.05) is 12.1 Å². The summed E-state index contributed by atoms with van der Waals surface area (Å²) in [6.07, 6.45) is 0. The van der Waals surface area contributed by atoms with Gasteiger partial charge in [0.25, 0.3) is 5.91 Å². The van der Waals surface area contributed by atoms with Crippen molar-refractivity contribution in [2.24, 2.45) is 0 Å². The van der Waals surface area contributed by atoms with Gasteiger partial charge in [0.05, 0.1) is 26.3 Å². The number of methoxy groups -OCH3 is 2. The van der Waals surface area contributed by atoms with Crippen LogP contribution in [0.15, 0.2) is 48.5 Å². The molecule has 136 valence electrons. The summed E-state index contributed by atoms with van der Waals surface area (Å²) >= 11 is 0. The van der Waals surface area contributed by atoms with Crippen LogP contribution in [-0.4, -0.2) is 38.5 Å². The normalized spacial score (nSPS) is 9.92. The van der Waals surface area contributed by atoms with Crippen molar-refractivity contribution in [2.75, 3.05) is 20.8 Å². The van der Waals surface area contributed by atoms with Crippen molar-refractivity contribution in [1.29, 1.82) is 0 Å². The van der Waals surface area contributed by atoms with Crippen molar-refractivity contribution < 1.29 is 23.9 Å². The van der Waals surface area contributed by atoms with E-state index in [1.165, 1.54) is 31.4 Å². The Morgan fingerprint density at radius 2 is 1.46 bits per heavy atom. The van der Waals surface area contributed by atoms with Crippen LogP contribution in [0.4, 0.5) is 0 Å². The molecule has 0 aliphatic carbocycles. The summed E-state index contributed by atoms with van der Waals surface area (Å²) in [4.78, 5) is 35.2. The Hall–Kier alpha value is -3.35. The Morgan fingerprint density at radius 1 is 0.846 bits per heavy atom. The maximum absolute atomic E-state index is 12.0. The molecular formula is C19H20N2O5. The summed E-state index contributed by atoms with van der Waals surface area (Å²) in [7, 11) is 2.87. The molecule has 0 unspecified atom stereocenters. The minimum Gasteiger partial charge on any atom is -0.497 e. The van der Waals surface area contributed by atoms with E-state index in [-0.39, 0.29) is 12.5 Å². The predicted molar refractivity (Wildman–Crippen MR) is 95.0 cm³/mol. The Kier molecular flexibility index (Phi) is 6.73. The van der Waals surface area contributed by atoms with Crippen molar-refractivity contribution >= 4 is 17.8 Å². The van der Waals surface area contributed by atoms with E-state index in [9.17, 15) is 14.4 Å². The minimum absolute atomic E-state index is 0.145. The van der Waals surface area contributed by atoms with Gasteiger partial charge in [-0.15, -0.1) is 0 Å². The number of amides is 2. The van der Waals surface area contributed by atoms with E-state index in [0.29, 0.717) is 17.7 Å². The number of hydrogen-bond acceptors (Lipinski definition) is 5. The quantitative estimate of drug-likeness (QED) is 0.734. The largest absolute Gasteiger partial charge is 0.497 e. The molecule has 0 saturated heterocycles. The Balaban J connectivity index is 1.78. The zero-order valence-corrected chi connectivity index (χ0v) is 14.6. The highest BCUT2D eigenvalue weighted by Crippen LogP contribution is 2.10. The van der Waals surface area contributed by atoms with Gasteiger partial charge in [-0.2, -0.15) is 0 Å². The van der Waals surface area contributed by atoms with Gasteiger partial charge in [-0.3, -0.25) is 9.59 Å². The molecule has 0 aliphatic rings. The van der Waals surface area contributed by atoms with Gasteiger partial charge in [0.1, 0.15) is 5.75 Å². The van der Waals surface area contributed by atoms with E-state index < -0.39 is 11.9 Å². The number of rotatable bonds is 7. The molecule has 0 atom stereocenters.